The van der Waals surface area contributed by atoms with E-state index >= 15 is 0 Å². The first-order chi connectivity index (χ1) is 15.6. The Labute approximate surface area is 188 Å². The van der Waals surface area contributed by atoms with Crippen molar-refractivity contribution in [3.63, 3.8) is 0 Å². The molecule has 0 radical (unpaired) electrons. The Hall–Kier alpha value is -3.61. The van der Waals surface area contributed by atoms with Crippen molar-refractivity contribution in [1.82, 2.24) is 9.97 Å². The molecule has 1 aliphatic rings. The molecule has 1 amide bonds. The van der Waals surface area contributed by atoms with Crippen LogP contribution in [0.2, 0.25) is 0 Å². The Morgan fingerprint density at radius 3 is 2.31 bits per heavy atom. The number of benzene rings is 2. The summed E-state index contributed by atoms with van der Waals surface area (Å²) < 4.78 is 5.13. The van der Waals surface area contributed by atoms with Gasteiger partial charge in [-0.05, 0) is 68.3 Å². The van der Waals surface area contributed by atoms with Gasteiger partial charge in [0, 0.05) is 34.7 Å². The van der Waals surface area contributed by atoms with E-state index in [9.17, 15) is 4.79 Å². The lowest BCUT2D eigenvalue weighted by Crippen LogP contribution is -2.23. The van der Waals surface area contributed by atoms with E-state index in [0.717, 1.165) is 22.9 Å². The first kappa shape index (κ1) is 21.6. The third kappa shape index (κ3) is 5.75. The summed E-state index contributed by atoms with van der Waals surface area (Å²) in [5, 5.41) is 9.72. The molecule has 4 rings (SSSR count). The molecule has 32 heavy (non-hydrogen) atoms. The lowest BCUT2D eigenvalue weighted by atomic mass is 9.96. The van der Waals surface area contributed by atoms with E-state index in [1.165, 1.54) is 32.1 Å². The normalized spacial score (nSPS) is 13.9. The van der Waals surface area contributed by atoms with Crippen LogP contribution in [-0.2, 0) is 0 Å². The molecule has 166 valence electrons. The van der Waals surface area contributed by atoms with Gasteiger partial charge >= 0.3 is 0 Å². The highest BCUT2D eigenvalue weighted by Crippen LogP contribution is 2.23. The van der Waals surface area contributed by atoms with Gasteiger partial charge in [-0.15, -0.1) is 0 Å². The van der Waals surface area contributed by atoms with E-state index in [1.54, 1.807) is 31.4 Å². The quantitative estimate of drug-likeness (QED) is 0.456. The number of hydrogen-bond acceptors (Lipinski definition) is 6. The van der Waals surface area contributed by atoms with Gasteiger partial charge < -0.3 is 20.7 Å². The highest BCUT2D eigenvalue weighted by atomic mass is 16.5. The van der Waals surface area contributed by atoms with Crippen LogP contribution in [0.4, 0.5) is 23.1 Å². The average Bonchev–Trinajstić information content (AvgIpc) is 2.81. The largest absolute Gasteiger partial charge is 0.497 e. The molecule has 7 heteroatoms. The zero-order chi connectivity index (χ0) is 22.3. The molecule has 0 saturated heterocycles. The molecular formula is C25H29N5O2. The number of carbonyl (C=O) groups is 1. The smallest absolute Gasteiger partial charge is 0.255 e. The van der Waals surface area contributed by atoms with Gasteiger partial charge in [-0.2, -0.15) is 4.98 Å². The summed E-state index contributed by atoms with van der Waals surface area (Å²) in [5.41, 5.74) is 3.08. The first-order valence-corrected chi connectivity index (χ1v) is 11.0. The summed E-state index contributed by atoms with van der Waals surface area (Å²) in [7, 11) is 1.60. The van der Waals surface area contributed by atoms with Gasteiger partial charge in [0.05, 0.1) is 7.11 Å². The zero-order valence-electron chi connectivity index (χ0n) is 18.5. The van der Waals surface area contributed by atoms with Crippen LogP contribution in [0, 0.1) is 6.92 Å². The summed E-state index contributed by atoms with van der Waals surface area (Å²) in [6.07, 6.45) is 6.18. The predicted molar refractivity (Wildman–Crippen MR) is 128 cm³/mol. The molecule has 1 aliphatic carbocycles. The van der Waals surface area contributed by atoms with Crippen molar-refractivity contribution < 1.29 is 9.53 Å². The van der Waals surface area contributed by atoms with Crippen LogP contribution >= 0.6 is 0 Å². The number of nitrogens with zero attached hydrogens (tertiary/aromatic N) is 2. The third-order valence-electron chi connectivity index (χ3n) is 5.56. The average molecular weight is 432 g/mol. The van der Waals surface area contributed by atoms with Crippen molar-refractivity contribution in [2.24, 2.45) is 0 Å². The maximum Gasteiger partial charge on any atom is 0.255 e. The van der Waals surface area contributed by atoms with E-state index in [-0.39, 0.29) is 5.91 Å². The summed E-state index contributed by atoms with van der Waals surface area (Å²) >= 11 is 0. The van der Waals surface area contributed by atoms with Crippen molar-refractivity contribution in [3.8, 4) is 5.75 Å². The van der Waals surface area contributed by atoms with E-state index in [2.05, 4.69) is 25.9 Å². The van der Waals surface area contributed by atoms with Crippen molar-refractivity contribution in [2.75, 3.05) is 23.1 Å². The van der Waals surface area contributed by atoms with Crippen LogP contribution in [0.5, 0.6) is 5.75 Å². The van der Waals surface area contributed by atoms with Crippen molar-refractivity contribution in [2.45, 2.75) is 45.1 Å². The van der Waals surface area contributed by atoms with Crippen molar-refractivity contribution >= 4 is 29.0 Å². The molecule has 0 bridgehead atoms. The second kappa shape index (κ2) is 10.1. The number of methoxy groups -OCH3 is 1. The second-order valence-corrected chi connectivity index (χ2v) is 8.08. The molecule has 0 spiro atoms. The topological polar surface area (TPSA) is 88.2 Å². The molecule has 1 aromatic heterocycles. The minimum absolute atomic E-state index is 0.168. The predicted octanol–water partition coefficient (Wildman–Crippen LogP) is 5.53. The van der Waals surface area contributed by atoms with Gasteiger partial charge in [-0.3, -0.25) is 4.79 Å². The Kier molecular flexibility index (Phi) is 6.84. The molecule has 1 fully saturated rings. The zero-order valence-corrected chi connectivity index (χ0v) is 18.5. The highest BCUT2D eigenvalue weighted by Gasteiger charge is 2.15. The first-order valence-electron chi connectivity index (χ1n) is 11.0. The molecule has 1 heterocycles. The third-order valence-corrected chi connectivity index (χ3v) is 5.56. The molecule has 3 aromatic rings. The second-order valence-electron chi connectivity index (χ2n) is 8.08. The fourth-order valence-electron chi connectivity index (χ4n) is 3.86. The van der Waals surface area contributed by atoms with Crippen LogP contribution in [0.25, 0.3) is 0 Å². The molecule has 0 aliphatic heterocycles. The highest BCUT2D eigenvalue weighted by molar-refractivity contribution is 6.04. The number of ether oxygens (including phenoxy) is 1. The Morgan fingerprint density at radius 2 is 1.62 bits per heavy atom. The number of anilines is 4. The number of amides is 1. The maximum atomic E-state index is 12.4. The lowest BCUT2D eigenvalue weighted by Gasteiger charge is -2.23. The molecule has 2 aromatic carbocycles. The number of aryl methyl sites for hydroxylation is 1. The monoisotopic (exact) mass is 431 g/mol. The molecule has 0 atom stereocenters. The Morgan fingerprint density at radius 1 is 0.938 bits per heavy atom. The van der Waals surface area contributed by atoms with Crippen LogP contribution in [-0.4, -0.2) is 29.0 Å². The van der Waals surface area contributed by atoms with E-state index in [4.69, 9.17) is 4.74 Å². The fourth-order valence-corrected chi connectivity index (χ4v) is 3.86. The molecule has 3 N–H and O–H groups in total. The molecule has 0 unspecified atom stereocenters. The summed E-state index contributed by atoms with van der Waals surface area (Å²) in [4.78, 5) is 21.6. The number of hydrogen-bond donors (Lipinski definition) is 3. The number of aromatic nitrogens is 2. The van der Waals surface area contributed by atoms with Crippen LogP contribution in [0.3, 0.4) is 0 Å². The van der Waals surface area contributed by atoms with Gasteiger partial charge in [-0.1, -0.05) is 19.3 Å². The van der Waals surface area contributed by atoms with Crippen LogP contribution in [0.1, 0.15) is 48.2 Å². The summed E-state index contributed by atoms with van der Waals surface area (Å²) in [6.45, 7) is 1.97. The molecule has 1 saturated carbocycles. The summed E-state index contributed by atoms with van der Waals surface area (Å²) in [6, 6.07) is 16.9. The maximum absolute atomic E-state index is 12.4. The fraction of sp³-hybridized carbons (Fsp3) is 0.320. The SMILES string of the molecule is COc1ccc(C(=O)Nc2ccc(Nc3cc(C)nc(NC4CCCCC4)n3)cc2)cc1. The Balaban J connectivity index is 1.38. The van der Waals surface area contributed by atoms with Gasteiger partial charge in [-0.25, -0.2) is 4.98 Å². The number of nitrogens with one attached hydrogen (secondary N) is 3. The molecular weight excluding hydrogens is 402 g/mol. The van der Waals surface area contributed by atoms with Crippen molar-refractivity contribution in [1.29, 1.82) is 0 Å². The Bertz CT molecular complexity index is 1040. The van der Waals surface area contributed by atoms with Crippen LogP contribution < -0.4 is 20.7 Å². The number of rotatable bonds is 7. The van der Waals surface area contributed by atoms with Gasteiger partial charge in [0.15, 0.2) is 0 Å². The van der Waals surface area contributed by atoms with Gasteiger partial charge in [0.2, 0.25) is 5.95 Å². The van der Waals surface area contributed by atoms with E-state index in [1.807, 2.05) is 37.3 Å². The van der Waals surface area contributed by atoms with E-state index in [0.29, 0.717) is 23.3 Å². The minimum atomic E-state index is -0.168. The minimum Gasteiger partial charge on any atom is -0.497 e. The standard InChI is InChI=1S/C25H29N5O2/c1-17-16-23(30-25(26-17)29-19-6-4-3-5-7-19)27-20-10-12-21(13-11-20)28-24(31)18-8-14-22(32-2)15-9-18/h8-16,19H,3-7H2,1-2H3,(H,28,31)(H2,26,27,29,30). The van der Waals surface area contributed by atoms with Crippen molar-refractivity contribution in [3.05, 3.63) is 65.9 Å². The van der Waals surface area contributed by atoms with Gasteiger partial charge in [0.25, 0.3) is 5.91 Å². The lowest BCUT2D eigenvalue weighted by molar-refractivity contribution is 0.102. The molecule has 7 nitrogen and oxygen atoms in total. The number of carbonyl (C=O) groups excluding carboxylic acids is 1. The van der Waals surface area contributed by atoms with Crippen LogP contribution in [0.15, 0.2) is 54.6 Å². The van der Waals surface area contributed by atoms with E-state index < -0.39 is 0 Å². The summed E-state index contributed by atoms with van der Waals surface area (Å²) in [5.74, 6) is 1.96. The van der Waals surface area contributed by atoms with Gasteiger partial charge in [0.1, 0.15) is 11.6 Å².